The number of hydrogen-bond acceptors (Lipinski definition) is 3. The lowest BCUT2D eigenvalue weighted by molar-refractivity contribution is -0.167. The van der Waals surface area contributed by atoms with Crippen molar-refractivity contribution in [2.75, 3.05) is 6.54 Å². The highest BCUT2D eigenvalue weighted by molar-refractivity contribution is 5.59. The molecule has 1 atom stereocenters. The average Bonchev–Trinajstić information content (AvgIpc) is 2.03. The van der Waals surface area contributed by atoms with Gasteiger partial charge in [0.05, 0.1) is 6.34 Å². The Bertz CT molecular complexity index is 244. The second-order valence-electron chi connectivity index (χ2n) is 2.79. The summed E-state index contributed by atoms with van der Waals surface area (Å²) in [6.45, 7) is 1.23. The van der Waals surface area contributed by atoms with Crippen molar-refractivity contribution in [2.45, 2.75) is 19.1 Å². The molecule has 13 heavy (non-hydrogen) atoms. The zero-order valence-electron chi connectivity index (χ0n) is 7.04. The quantitative estimate of drug-likeness (QED) is 0.677. The van der Waals surface area contributed by atoms with E-state index in [9.17, 15) is 13.2 Å². The van der Waals surface area contributed by atoms with E-state index in [0.717, 1.165) is 18.2 Å². The van der Waals surface area contributed by atoms with Gasteiger partial charge < -0.3 is 10.6 Å². The summed E-state index contributed by atoms with van der Waals surface area (Å²) in [7, 11) is 0. The second kappa shape index (κ2) is 3.27. The van der Waals surface area contributed by atoms with Gasteiger partial charge in [0.2, 0.25) is 0 Å². The first kappa shape index (κ1) is 9.88. The Hall–Kier alpha value is -1.20. The molecule has 6 heteroatoms. The van der Waals surface area contributed by atoms with E-state index in [4.69, 9.17) is 5.73 Å². The van der Waals surface area contributed by atoms with Crippen LogP contribution in [-0.2, 0) is 0 Å². The Balaban J connectivity index is 2.62. The maximum Gasteiger partial charge on any atom is 0.408 e. The number of rotatable bonds is 1. The van der Waals surface area contributed by atoms with Crippen LogP contribution in [0.5, 0.6) is 0 Å². The summed E-state index contributed by atoms with van der Waals surface area (Å²) in [4.78, 5) is 4.67. The van der Waals surface area contributed by atoms with Crippen LogP contribution in [0, 0.1) is 0 Å². The Morgan fingerprint density at radius 2 is 2.23 bits per heavy atom. The number of aliphatic imine (C=N–C) groups is 1. The first-order chi connectivity index (χ1) is 5.91. The van der Waals surface area contributed by atoms with Crippen LogP contribution >= 0.6 is 0 Å². The summed E-state index contributed by atoms with van der Waals surface area (Å²) in [5.41, 5.74) is 5.26. The van der Waals surface area contributed by atoms with Crippen LogP contribution in [0.2, 0.25) is 0 Å². The highest BCUT2D eigenvalue weighted by atomic mass is 19.4. The number of halogens is 3. The van der Waals surface area contributed by atoms with Crippen molar-refractivity contribution in [3.8, 4) is 0 Å². The third kappa shape index (κ3) is 2.37. The molecule has 1 aliphatic rings. The minimum atomic E-state index is -4.23. The van der Waals surface area contributed by atoms with E-state index in [1.165, 1.54) is 6.08 Å². The fourth-order valence-corrected chi connectivity index (χ4v) is 0.886. The fourth-order valence-electron chi connectivity index (χ4n) is 0.886. The minimum absolute atomic E-state index is 0.149. The van der Waals surface area contributed by atoms with Gasteiger partial charge in [-0.25, -0.2) is 4.99 Å². The zero-order valence-corrected chi connectivity index (χ0v) is 7.04. The van der Waals surface area contributed by atoms with Crippen molar-refractivity contribution in [3.05, 3.63) is 11.9 Å². The molecule has 0 saturated heterocycles. The molecule has 0 aliphatic carbocycles. The summed E-state index contributed by atoms with van der Waals surface area (Å²) in [6, 6.07) is -1.53. The normalized spacial score (nSPS) is 20.0. The minimum Gasteiger partial charge on any atom is -0.384 e. The molecule has 2 N–H and O–H groups in total. The summed E-state index contributed by atoms with van der Waals surface area (Å²) < 4.78 is 36.5. The summed E-state index contributed by atoms with van der Waals surface area (Å²) in [5, 5.41) is 0. The molecule has 1 aliphatic heterocycles. The van der Waals surface area contributed by atoms with Crippen molar-refractivity contribution >= 4 is 6.34 Å². The third-order valence-corrected chi connectivity index (χ3v) is 1.84. The van der Waals surface area contributed by atoms with E-state index in [1.807, 2.05) is 0 Å². The van der Waals surface area contributed by atoms with E-state index in [2.05, 4.69) is 4.99 Å². The Labute approximate surface area is 73.7 Å². The van der Waals surface area contributed by atoms with E-state index >= 15 is 0 Å². The Kier molecular flexibility index (Phi) is 2.49. The van der Waals surface area contributed by atoms with Gasteiger partial charge in [-0.15, -0.1) is 0 Å². The van der Waals surface area contributed by atoms with Gasteiger partial charge in [-0.3, -0.25) is 0 Å². The van der Waals surface area contributed by atoms with Crippen molar-refractivity contribution in [2.24, 2.45) is 10.7 Å². The van der Waals surface area contributed by atoms with Crippen LogP contribution in [0.1, 0.15) is 6.92 Å². The van der Waals surface area contributed by atoms with E-state index < -0.39 is 12.2 Å². The lowest BCUT2D eigenvalue weighted by Crippen LogP contribution is -2.44. The van der Waals surface area contributed by atoms with Crippen LogP contribution in [0.15, 0.2) is 16.9 Å². The van der Waals surface area contributed by atoms with E-state index in [-0.39, 0.29) is 12.4 Å². The molecule has 74 valence electrons. The molecule has 0 aromatic rings. The van der Waals surface area contributed by atoms with E-state index in [0.29, 0.717) is 0 Å². The molecule has 3 nitrogen and oxygen atoms in total. The molecule has 1 rings (SSSR count). The third-order valence-electron chi connectivity index (χ3n) is 1.84. The summed E-state index contributed by atoms with van der Waals surface area (Å²) >= 11 is 0. The lowest BCUT2D eigenvalue weighted by atomic mass is 10.3. The highest BCUT2D eigenvalue weighted by Crippen LogP contribution is 2.24. The zero-order chi connectivity index (χ0) is 10.1. The monoisotopic (exact) mass is 193 g/mol. The molecule has 0 spiro atoms. The lowest BCUT2D eigenvalue weighted by Gasteiger charge is -2.29. The Morgan fingerprint density at radius 3 is 2.62 bits per heavy atom. The summed E-state index contributed by atoms with van der Waals surface area (Å²) in [6.07, 6.45) is -1.66. The molecule has 0 amide bonds. The standard InChI is InChI=1S/C7H10F3N3/c1-5(7(8,9)10)13-3-2-6(11)12-4-13/h2,4-5H,3,11H2,1H3. The van der Waals surface area contributed by atoms with E-state index in [1.54, 1.807) is 0 Å². The van der Waals surface area contributed by atoms with Crippen LogP contribution in [-0.4, -0.2) is 30.0 Å². The summed E-state index contributed by atoms with van der Waals surface area (Å²) in [5.74, 6) is 0.255. The second-order valence-corrected chi connectivity index (χ2v) is 2.79. The van der Waals surface area contributed by atoms with Gasteiger partial charge in [0, 0.05) is 6.54 Å². The molecular weight excluding hydrogens is 183 g/mol. The van der Waals surface area contributed by atoms with Gasteiger partial charge in [-0.05, 0) is 13.0 Å². The van der Waals surface area contributed by atoms with Gasteiger partial charge in [0.15, 0.2) is 0 Å². The van der Waals surface area contributed by atoms with Gasteiger partial charge in [0.25, 0.3) is 0 Å². The van der Waals surface area contributed by atoms with Crippen LogP contribution in [0.3, 0.4) is 0 Å². The Morgan fingerprint density at radius 1 is 1.62 bits per heavy atom. The first-order valence-corrected chi connectivity index (χ1v) is 3.73. The number of nitrogens with zero attached hydrogens (tertiary/aromatic N) is 2. The van der Waals surface area contributed by atoms with Crippen LogP contribution < -0.4 is 5.73 Å². The fraction of sp³-hybridized carbons (Fsp3) is 0.571. The molecule has 0 aromatic carbocycles. The largest absolute Gasteiger partial charge is 0.408 e. The number of hydrogen-bond donors (Lipinski definition) is 1. The molecule has 0 aromatic heterocycles. The maximum absolute atomic E-state index is 12.2. The smallest absolute Gasteiger partial charge is 0.384 e. The van der Waals surface area contributed by atoms with Crippen LogP contribution in [0.25, 0.3) is 0 Å². The predicted octanol–water partition coefficient (Wildman–Crippen LogP) is 1.08. The van der Waals surface area contributed by atoms with Crippen LogP contribution in [0.4, 0.5) is 13.2 Å². The van der Waals surface area contributed by atoms with Gasteiger partial charge >= 0.3 is 6.18 Å². The first-order valence-electron chi connectivity index (χ1n) is 3.73. The molecule has 1 unspecified atom stereocenters. The highest BCUT2D eigenvalue weighted by Gasteiger charge is 2.39. The molecule has 0 saturated carbocycles. The average molecular weight is 193 g/mol. The molecule has 0 bridgehead atoms. The predicted molar refractivity (Wildman–Crippen MR) is 43.0 cm³/mol. The molecular formula is C7H10F3N3. The SMILES string of the molecule is CC(N1C=NC(N)=CC1)C(F)(F)F. The van der Waals surface area contributed by atoms with Crippen molar-refractivity contribution < 1.29 is 13.2 Å². The van der Waals surface area contributed by atoms with Crippen molar-refractivity contribution in [1.29, 1.82) is 0 Å². The number of alkyl halides is 3. The van der Waals surface area contributed by atoms with Gasteiger partial charge in [-0.1, -0.05) is 0 Å². The topological polar surface area (TPSA) is 41.6 Å². The molecule has 1 heterocycles. The molecule has 0 radical (unpaired) electrons. The van der Waals surface area contributed by atoms with Crippen molar-refractivity contribution in [1.82, 2.24) is 4.90 Å². The van der Waals surface area contributed by atoms with Gasteiger partial charge in [0.1, 0.15) is 11.9 Å². The van der Waals surface area contributed by atoms with Gasteiger partial charge in [-0.2, -0.15) is 13.2 Å². The van der Waals surface area contributed by atoms with Crippen molar-refractivity contribution in [3.63, 3.8) is 0 Å². The number of nitrogens with two attached hydrogens (primary N) is 1. The maximum atomic E-state index is 12.2. The molecule has 0 fully saturated rings.